The predicted octanol–water partition coefficient (Wildman–Crippen LogP) is 1.36. The summed E-state index contributed by atoms with van der Waals surface area (Å²) >= 11 is 5.67. The van der Waals surface area contributed by atoms with Crippen molar-refractivity contribution in [2.45, 2.75) is 13.5 Å². The van der Waals surface area contributed by atoms with E-state index in [2.05, 4.69) is 25.5 Å². The van der Waals surface area contributed by atoms with Crippen molar-refractivity contribution in [1.82, 2.24) is 20.2 Å². The van der Waals surface area contributed by atoms with Crippen LogP contribution in [0.25, 0.3) is 0 Å². The average Bonchev–Trinajstić information content (AvgIpc) is 2.66. The van der Waals surface area contributed by atoms with Gasteiger partial charge in [-0.25, -0.2) is 4.98 Å². The third-order valence-corrected chi connectivity index (χ3v) is 2.35. The lowest BCUT2D eigenvalue weighted by Crippen LogP contribution is -2.05. The van der Waals surface area contributed by atoms with Gasteiger partial charge in [0.15, 0.2) is 5.82 Å². The van der Waals surface area contributed by atoms with Gasteiger partial charge in [-0.1, -0.05) is 0 Å². The second kappa shape index (κ2) is 4.36. The second-order valence-electron chi connectivity index (χ2n) is 3.32. The molecule has 84 valence electrons. The van der Waals surface area contributed by atoms with E-state index in [-0.39, 0.29) is 5.28 Å². The van der Waals surface area contributed by atoms with E-state index in [1.54, 1.807) is 6.20 Å². The fraction of sp³-hybridized carbons (Fsp3) is 0.222. The van der Waals surface area contributed by atoms with Crippen molar-refractivity contribution in [2.24, 2.45) is 0 Å². The Balaban J connectivity index is 2.10. The molecule has 2 aromatic rings. The number of aromatic amines is 1. The van der Waals surface area contributed by atoms with Crippen LogP contribution in [0.1, 0.15) is 11.3 Å². The molecule has 0 atom stereocenters. The zero-order valence-electron chi connectivity index (χ0n) is 8.66. The Kier molecular flexibility index (Phi) is 2.91. The van der Waals surface area contributed by atoms with Gasteiger partial charge in [-0.3, -0.25) is 5.10 Å². The Morgan fingerprint density at radius 1 is 1.50 bits per heavy atom. The number of H-pyrrole nitrogens is 1. The Morgan fingerprint density at radius 3 is 3.00 bits per heavy atom. The molecule has 0 bridgehead atoms. The minimum Gasteiger partial charge on any atom is -0.394 e. The van der Waals surface area contributed by atoms with Crippen LogP contribution in [0.3, 0.4) is 0 Å². The second-order valence-corrected chi connectivity index (χ2v) is 3.65. The number of nitrogens with two attached hydrogens (primary N) is 1. The SMILES string of the molecule is Cc1[nH]ncc1CNc1nc(Cl)ncc1N. The summed E-state index contributed by atoms with van der Waals surface area (Å²) in [6.07, 6.45) is 3.22. The molecule has 4 N–H and O–H groups in total. The summed E-state index contributed by atoms with van der Waals surface area (Å²) in [4.78, 5) is 7.76. The fourth-order valence-electron chi connectivity index (χ4n) is 1.24. The highest BCUT2D eigenvalue weighted by molar-refractivity contribution is 6.28. The van der Waals surface area contributed by atoms with Crippen LogP contribution in [-0.2, 0) is 6.54 Å². The Bertz CT molecular complexity index is 494. The summed E-state index contributed by atoms with van der Waals surface area (Å²) in [6, 6.07) is 0. The first-order chi connectivity index (χ1) is 7.66. The van der Waals surface area contributed by atoms with Crippen LogP contribution in [0, 0.1) is 6.92 Å². The lowest BCUT2D eigenvalue weighted by molar-refractivity contribution is 1.03. The maximum absolute atomic E-state index is 5.70. The molecular formula is C9H11ClN6. The van der Waals surface area contributed by atoms with E-state index in [1.165, 1.54) is 6.20 Å². The maximum atomic E-state index is 5.70. The van der Waals surface area contributed by atoms with Crippen LogP contribution in [0.15, 0.2) is 12.4 Å². The van der Waals surface area contributed by atoms with E-state index in [1.807, 2.05) is 6.92 Å². The molecule has 0 amide bonds. The molecule has 2 rings (SSSR count). The van der Waals surface area contributed by atoms with Gasteiger partial charge in [0.2, 0.25) is 5.28 Å². The van der Waals surface area contributed by atoms with Gasteiger partial charge < -0.3 is 11.1 Å². The first-order valence-electron chi connectivity index (χ1n) is 4.67. The van der Waals surface area contributed by atoms with Crippen molar-refractivity contribution in [3.8, 4) is 0 Å². The number of aromatic nitrogens is 4. The van der Waals surface area contributed by atoms with E-state index >= 15 is 0 Å². The highest BCUT2D eigenvalue weighted by Crippen LogP contribution is 2.17. The van der Waals surface area contributed by atoms with Crippen LogP contribution in [0.4, 0.5) is 11.5 Å². The standard InChI is InChI=1S/C9H11ClN6/c1-5-6(3-14-16-5)2-12-8-7(11)4-13-9(10)15-8/h3-4H,2,11H2,1H3,(H,14,16)(H,12,13,15). The molecule has 7 heteroatoms. The maximum Gasteiger partial charge on any atom is 0.224 e. The van der Waals surface area contributed by atoms with Gasteiger partial charge in [-0.05, 0) is 18.5 Å². The van der Waals surface area contributed by atoms with E-state index in [9.17, 15) is 0 Å². The lowest BCUT2D eigenvalue weighted by atomic mass is 10.2. The molecule has 0 saturated carbocycles. The van der Waals surface area contributed by atoms with Gasteiger partial charge >= 0.3 is 0 Å². The Morgan fingerprint density at radius 2 is 2.31 bits per heavy atom. The molecule has 0 radical (unpaired) electrons. The monoisotopic (exact) mass is 238 g/mol. The smallest absolute Gasteiger partial charge is 0.224 e. The van der Waals surface area contributed by atoms with Crippen LogP contribution in [0.2, 0.25) is 5.28 Å². The summed E-state index contributed by atoms with van der Waals surface area (Å²) in [5, 5.41) is 10.0. The molecule has 0 aliphatic carbocycles. The van der Waals surface area contributed by atoms with Crippen LogP contribution in [0.5, 0.6) is 0 Å². The van der Waals surface area contributed by atoms with Gasteiger partial charge in [0.05, 0.1) is 18.1 Å². The normalized spacial score (nSPS) is 10.4. The highest BCUT2D eigenvalue weighted by Gasteiger charge is 2.04. The van der Waals surface area contributed by atoms with Crippen molar-refractivity contribution >= 4 is 23.1 Å². The van der Waals surface area contributed by atoms with Gasteiger partial charge in [0.1, 0.15) is 0 Å². The molecule has 0 saturated heterocycles. The quantitative estimate of drug-likeness (QED) is 0.702. The van der Waals surface area contributed by atoms with Gasteiger partial charge in [-0.2, -0.15) is 10.1 Å². The number of anilines is 2. The van der Waals surface area contributed by atoms with Crippen LogP contribution >= 0.6 is 11.6 Å². The highest BCUT2D eigenvalue weighted by atomic mass is 35.5. The van der Waals surface area contributed by atoms with Gasteiger partial charge in [-0.15, -0.1) is 0 Å². The van der Waals surface area contributed by atoms with Gasteiger partial charge in [0, 0.05) is 17.8 Å². The third-order valence-electron chi connectivity index (χ3n) is 2.17. The zero-order valence-corrected chi connectivity index (χ0v) is 9.41. The molecule has 16 heavy (non-hydrogen) atoms. The zero-order chi connectivity index (χ0) is 11.5. The first kappa shape index (κ1) is 10.7. The predicted molar refractivity (Wildman–Crippen MR) is 62.1 cm³/mol. The van der Waals surface area contributed by atoms with Crippen LogP contribution in [-0.4, -0.2) is 20.2 Å². The minimum atomic E-state index is 0.167. The molecule has 0 fully saturated rings. The summed E-state index contributed by atoms with van der Waals surface area (Å²) < 4.78 is 0. The fourth-order valence-corrected chi connectivity index (χ4v) is 1.38. The molecule has 2 aromatic heterocycles. The number of nitrogen functional groups attached to an aromatic ring is 1. The molecule has 0 spiro atoms. The molecule has 0 aliphatic rings. The topological polar surface area (TPSA) is 92.5 Å². The summed E-state index contributed by atoms with van der Waals surface area (Å²) in [7, 11) is 0. The molecule has 6 nitrogen and oxygen atoms in total. The summed E-state index contributed by atoms with van der Waals surface area (Å²) in [5.41, 5.74) is 8.22. The number of hydrogen-bond donors (Lipinski definition) is 3. The molecule has 0 aliphatic heterocycles. The molecule has 0 aromatic carbocycles. The molecule has 2 heterocycles. The summed E-state index contributed by atoms with van der Waals surface area (Å²) in [6.45, 7) is 2.53. The Hall–Kier alpha value is -1.82. The van der Waals surface area contributed by atoms with Gasteiger partial charge in [0.25, 0.3) is 0 Å². The van der Waals surface area contributed by atoms with E-state index in [4.69, 9.17) is 17.3 Å². The average molecular weight is 239 g/mol. The number of aryl methyl sites for hydroxylation is 1. The Labute approximate surface area is 97.2 Å². The number of halogens is 1. The minimum absolute atomic E-state index is 0.167. The van der Waals surface area contributed by atoms with E-state index in [0.29, 0.717) is 18.1 Å². The summed E-state index contributed by atoms with van der Waals surface area (Å²) in [5.74, 6) is 0.528. The largest absolute Gasteiger partial charge is 0.394 e. The van der Waals surface area contributed by atoms with Crippen molar-refractivity contribution < 1.29 is 0 Å². The number of hydrogen-bond acceptors (Lipinski definition) is 5. The van der Waals surface area contributed by atoms with Crippen molar-refractivity contribution in [2.75, 3.05) is 11.1 Å². The van der Waals surface area contributed by atoms with E-state index < -0.39 is 0 Å². The third kappa shape index (κ3) is 2.22. The molecule has 0 unspecified atom stereocenters. The first-order valence-corrected chi connectivity index (χ1v) is 5.05. The number of nitrogens with one attached hydrogen (secondary N) is 2. The van der Waals surface area contributed by atoms with Crippen LogP contribution < -0.4 is 11.1 Å². The van der Waals surface area contributed by atoms with Crippen molar-refractivity contribution in [3.63, 3.8) is 0 Å². The van der Waals surface area contributed by atoms with E-state index in [0.717, 1.165) is 11.3 Å². The lowest BCUT2D eigenvalue weighted by Gasteiger charge is -2.07. The number of nitrogens with zero attached hydrogens (tertiary/aromatic N) is 3. The molecular weight excluding hydrogens is 228 g/mol. The van der Waals surface area contributed by atoms with Crippen molar-refractivity contribution in [3.05, 3.63) is 28.9 Å². The number of rotatable bonds is 3. The van der Waals surface area contributed by atoms with Crippen molar-refractivity contribution in [1.29, 1.82) is 0 Å².